The molecular weight excluding hydrogens is 358 g/mol. The van der Waals surface area contributed by atoms with Crippen molar-refractivity contribution in [1.82, 2.24) is 9.97 Å². The summed E-state index contributed by atoms with van der Waals surface area (Å²) >= 11 is 11.1. The quantitative estimate of drug-likeness (QED) is 0.639. The molecular formula is C14H11BrClN3S. The van der Waals surface area contributed by atoms with Gasteiger partial charge in [0.25, 0.3) is 0 Å². The highest BCUT2D eigenvalue weighted by Gasteiger charge is 2.14. The normalized spacial score (nSPS) is 12.6. The van der Waals surface area contributed by atoms with E-state index in [4.69, 9.17) is 11.6 Å². The molecule has 6 heteroatoms. The van der Waals surface area contributed by atoms with Gasteiger partial charge < -0.3 is 5.32 Å². The van der Waals surface area contributed by atoms with Crippen molar-refractivity contribution in [3.63, 3.8) is 0 Å². The van der Waals surface area contributed by atoms with E-state index in [-0.39, 0.29) is 11.3 Å². The number of nitrogens with one attached hydrogen (secondary N) is 1. The third-order valence-corrected chi connectivity index (χ3v) is 5.05. The predicted molar refractivity (Wildman–Crippen MR) is 88.6 cm³/mol. The van der Waals surface area contributed by atoms with Crippen LogP contribution in [0, 0.1) is 0 Å². The average Bonchev–Trinajstić information content (AvgIpc) is 2.81. The fourth-order valence-electron chi connectivity index (χ4n) is 1.99. The summed E-state index contributed by atoms with van der Waals surface area (Å²) < 4.78 is 1.95. The summed E-state index contributed by atoms with van der Waals surface area (Å²) in [4.78, 5) is 8.57. The van der Waals surface area contributed by atoms with E-state index in [9.17, 15) is 0 Å². The van der Waals surface area contributed by atoms with E-state index < -0.39 is 0 Å². The van der Waals surface area contributed by atoms with Crippen LogP contribution in [0.25, 0.3) is 10.2 Å². The minimum Gasteiger partial charge on any atom is -0.362 e. The summed E-state index contributed by atoms with van der Waals surface area (Å²) in [5.74, 6) is 0.770. The maximum Gasteiger partial charge on any atom is 0.225 e. The second kappa shape index (κ2) is 5.68. The van der Waals surface area contributed by atoms with Crippen LogP contribution >= 0.6 is 38.9 Å². The number of aromatic nitrogens is 2. The van der Waals surface area contributed by atoms with Gasteiger partial charge in [0.05, 0.1) is 9.17 Å². The molecule has 1 N–H and O–H groups in total. The van der Waals surface area contributed by atoms with E-state index in [1.165, 1.54) is 5.56 Å². The third kappa shape index (κ3) is 2.66. The zero-order chi connectivity index (χ0) is 14.1. The summed E-state index contributed by atoms with van der Waals surface area (Å²) in [5, 5.41) is 5.65. The Morgan fingerprint density at radius 3 is 2.75 bits per heavy atom. The number of fused-ring (bicyclic) bond motifs is 1. The largest absolute Gasteiger partial charge is 0.362 e. The van der Waals surface area contributed by atoms with Crippen molar-refractivity contribution >= 4 is 54.9 Å². The van der Waals surface area contributed by atoms with Gasteiger partial charge in [0.1, 0.15) is 11.3 Å². The lowest BCUT2D eigenvalue weighted by atomic mass is 10.1. The number of thiophene rings is 1. The van der Waals surface area contributed by atoms with Crippen LogP contribution in [-0.4, -0.2) is 9.97 Å². The van der Waals surface area contributed by atoms with E-state index in [1.54, 1.807) is 11.3 Å². The van der Waals surface area contributed by atoms with Crippen LogP contribution < -0.4 is 5.32 Å². The highest BCUT2D eigenvalue weighted by Crippen LogP contribution is 2.35. The first kappa shape index (κ1) is 13.8. The molecule has 0 saturated carbocycles. The van der Waals surface area contributed by atoms with Crippen LogP contribution in [0.15, 0.2) is 40.2 Å². The minimum absolute atomic E-state index is 0.145. The number of rotatable bonds is 3. The Labute approximate surface area is 134 Å². The average molecular weight is 369 g/mol. The fourth-order valence-corrected chi connectivity index (χ4v) is 3.68. The molecule has 2 heterocycles. The molecule has 0 fully saturated rings. The topological polar surface area (TPSA) is 37.8 Å². The summed E-state index contributed by atoms with van der Waals surface area (Å²) in [6, 6.07) is 10.4. The second-order valence-corrected chi connectivity index (χ2v) is 6.45. The molecule has 0 radical (unpaired) electrons. The number of halogens is 2. The number of benzene rings is 1. The fraction of sp³-hybridized carbons (Fsp3) is 0.143. The molecule has 3 aromatic rings. The van der Waals surface area contributed by atoms with Crippen LogP contribution in [-0.2, 0) is 0 Å². The monoisotopic (exact) mass is 367 g/mol. The third-order valence-electron chi connectivity index (χ3n) is 3.00. The van der Waals surface area contributed by atoms with Crippen LogP contribution in [0.5, 0.6) is 0 Å². The SMILES string of the molecule is CC(Nc1nc(Cl)nc2c(Br)csc12)c1ccccc1. The predicted octanol–water partition coefficient (Wildman–Crippen LogP) is 5.28. The Kier molecular flexibility index (Phi) is 3.92. The Balaban J connectivity index is 1.98. The Hall–Kier alpha value is -1.17. The molecule has 3 nitrogen and oxygen atoms in total. The highest BCUT2D eigenvalue weighted by atomic mass is 79.9. The molecule has 1 unspecified atom stereocenters. The first-order valence-electron chi connectivity index (χ1n) is 6.07. The van der Waals surface area contributed by atoms with Crippen LogP contribution in [0.4, 0.5) is 5.82 Å². The molecule has 0 bridgehead atoms. The van der Waals surface area contributed by atoms with Crippen molar-refractivity contribution in [3.05, 3.63) is 51.0 Å². The molecule has 102 valence electrons. The van der Waals surface area contributed by atoms with Gasteiger partial charge in [-0.1, -0.05) is 30.3 Å². The smallest absolute Gasteiger partial charge is 0.225 e. The van der Waals surface area contributed by atoms with E-state index in [1.807, 2.05) is 23.6 Å². The Morgan fingerprint density at radius 2 is 2.00 bits per heavy atom. The van der Waals surface area contributed by atoms with Crippen molar-refractivity contribution in [1.29, 1.82) is 0 Å². The molecule has 1 aromatic carbocycles. The van der Waals surface area contributed by atoms with Crippen LogP contribution in [0.1, 0.15) is 18.5 Å². The molecule has 3 rings (SSSR count). The molecule has 0 spiro atoms. The van der Waals surface area contributed by atoms with E-state index in [0.717, 1.165) is 20.5 Å². The van der Waals surface area contributed by atoms with E-state index in [0.29, 0.717) is 0 Å². The van der Waals surface area contributed by atoms with Gasteiger partial charge in [-0.15, -0.1) is 11.3 Å². The van der Waals surface area contributed by atoms with Crippen molar-refractivity contribution in [2.24, 2.45) is 0 Å². The second-order valence-electron chi connectivity index (χ2n) is 4.38. The lowest BCUT2D eigenvalue weighted by Crippen LogP contribution is -2.08. The molecule has 0 aliphatic heterocycles. The summed E-state index contributed by atoms with van der Waals surface area (Å²) in [6.07, 6.45) is 0. The minimum atomic E-state index is 0.145. The Morgan fingerprint density at radius 1 is 1.25 bits per heavy atom. The van der Waals surface area contributed by atoms with Gasteiger partial charge in [0.15, 0.2) is 0 Å². The van der Waals surface area contributed by atoms with Gasteiger partial charge in [0.2, 0.25) is 5.28 Å². The summed E-state index contributed by atoms with van der Waals surface area (Å²) in [7, 11) is 0. The maximum absolute atomic E-state index is 6.00. The van der Waals surface area contributed by atoms with Gasteiger partial charge in [-0.25, -0.2) is 4.98 Å². The highest BCUT2D eigenvalue weighted by molar-refractivity contribution is 9.10. The molecule has 1 atom stereocenters. The van der Waals surface area contributed by atoms with Gasteiger partial charge in [-0.2, -0.15) is 4.98 Å². The number of nitrogens with zero attached hydrogens (tertiary/aromatic N) is 2. The van der Waals surface area contributed by atoms with Gasteiger partial charge in [0, 0.05) is 11.4 Å². The zero-order valence-corrected chi connectivity index (χ0v) is 13.8. The summed E-state index contributed by atoms with van der Waals surface area (Å²) in [6.45, 7) is 2.10. The first-order valence-corrected chi connectivity index (χ1v) is 8.12. The van der Waals surface area contributed by atoms with Gasteiger partial charge >= 0.3 is 0 Å². The number of hydrogen-bond donors (Lipinski definition) is 1. The zero-order valence-electron chi connectivity index (χ0n) is 10.6. The molecule has 20 heavy (non-hydrogen) atoms. The standard InChI is InChI=1S/C14H11BrClN3S/c1-8(9-5-3-2-4-6-9)17-13-12-11(10(15)7-20-12)18-14(16)19-13/h2-8H,1H3,(H,17,18,19). The molecule has 0 aliphatic rings. The molecule has 0 saturated heterocycles. The first-order chi connectivity index (χ1) is 9.65. The van der Waals surface area contributed by atoms with E-state index in [2.05, 4.69) is 50.3 Å². The van der Waals surface area contributed by atoms with Crippen molar-refractivity contribution < 1.29 is 0 Å². The molecule has 0 amide bonds. The van der Waals surface area contributed by atoms with Crippen LogP contribution in [0.2, 0.25) is 5.28 Å². The van der Waals surface area contributed by atoms with Crippen molar-refractivity contribution in [2.75, 3.05) is 5.32 Å². The lowest BCUT2D eigenvalue weighted by Gasteiger charge is -2.15. The molecule has 2 aromatic heterocycles. The maximum atomic E-state index is 6.00. The van der Waals surface area contributed by atoms with E-state index >= 15 is 0 Å². The number of hydrogen-bond acceptors (Lipinski definition) is 4. The Bertz CT molecular complexity index is 745. The van der Waals surface area contributed by atoms with Crippen molar-refractivity contribution in [3.8, 4) is 0 Å². The lowest BCUT2D eigenvalue weighted by molar-refractivity contribution is 0.876. The van der Waals surface area contributed by atoms with Gasteiger partial charge in [-0.3, -0.25) is 0 Å². The number of anilines is 1. The van der Waals surface area contributed by atoms with Crippen molar-refractivity contribution in [2.45, 2.75) is 13.0 Å². The molecule has 0 aliphatic carbocycles. The van der Waals surface area contributed by atoms with Gasteiger partial charge in [-0.05, 0) is 40.0 Å². The van der Waals surface area contributed by atoms with Crippen LogP contribution in [0.3, 0.4) is 0 Å². The summed E-state index contributed by atoms with van der Waals surface area (Å²) in [5.41, 5.74) is 2.05.